The van der Waals surface area contributed by atoms with Gasteiger partial charge in [0.05, 0.1) is 48.1 Å². The predicted octanol–water partition coefficient (Wildman–Crippen LogP) is -1.92. The van der Waals surface area contributed by atoms with Crippen molar-refractivity contribution in [1.29, 1.82) is 0 Å². The first kappa shape index (κ1) is 45.8. The Morgan fingerprint density at radius 1 is 0.820 bits per heavy atom. The van der Waals surface area contributed by atoms with E-state index in [9.17, 15) is 55.5 Å². The van der Waals surface area contributed by atoms with Crippen molar-refractivity contribution in [3.05, 3.63) is 11.6 Å². The number of fused-ring (bicyclic) bond motifs is 5. The second-order valence-electron chi connectivity index (χ2n) is 19.2. The van der Waals surface area contributed by atoms with Crippen molar-refractivity contribution in [3.63, 3.8) is 0 Å². The Hall–Kier alpha value is -1.76. The number of cyclic esters (lactones) is 1. The standard InChI is InChI=1S/C42H64O19/c1-19-36(61-38-35(51)33(49)31(47)27(60-38)17-56-37-34(50)32(48)30(46)26(15-43)59-37)25(54-3)13-29(57-19)58-21-4-9-40(18-44)23-5-8-39(2)22(20-12-28(45)55-16-20)7-11-42(39,53)24(23)6-10-41(40,52)14-21/h12,18-19,21-27,29-38,43,46-53H,4-11,13-17H2,1-3H3/t19-,21-,22+,23-,24+,25+,26-,27+,29+,30-,31+,32+,33-,34-,35+,36-,37-,38-,39+,40-,41-,42-/m0/s1. The van der Waals surface area contributed by atoms with E-state index in [4.69, 9.17) is 37.9 Å². The van der Waals surface area contributed by atoms with Gasteiger partial charge in [-0.25, -0.2) is 4.79 Å². The summed E-state index contributed by atoms with van der Waals surface area (Å²) in [5.41, 5.74) is -3.06. The van der Waals surface area contributed by atoms with Gasteiger partial charge in [-0.05, 0) is 81.6 Å². The fourth-order valence-electron chi connectivity index (χ4n) is 12.9. The molecule has 9 N–H and O–H groups in total. The summed E-state index contributed by atoms with van der Waals surface area (Å²) in [6, 6.07) is 0. The Labute approximate surface area is 353 Å². The molecule has 8 aliphatic rings. The monoisotopic (exact) mass is 872 g/mol. The Kier molecular flexibility index (Phi) is 12.9. The maximum Gasteiger partial charge on any atom is 0.331 e. The van der Waals surface area contributed by atoms with Gasteiger partial charge in [0.25, 0.3) is 0 Å². The Bertz CT molecular complexity index is 1630. The van der Waals surface area contributed by atoms with Gasteiger partial charge in [-0.1, -0.05) is 6.92 Å². The lowest BCUT2D eigenvalue weighted by Crippen LogP contribution is -2.69. The molecule has 4 aliphatic carbocycles. The van der Waals surface area contributed by atoms with Gasteiger partial charge in [0.15, 0.2) is 18.9 Å². The summed E-state index contributed by atoms with van der Waals surface area (Å²) in [6.07, 6.45) is -12.2. The van der Waals surface area contributed by atoms with Crippen LogP contribution in [0.3, 0.4) is 0 Å². The number of hydrogen-bond donors (Lipinski definition) is 9. The normalized spacial score (nSPS) is 53.6. The largest absolute Gasteiger partial charge is 0.458 e. The van der Waals surface area contributed by atoms with E-state index in [1.807, 2.05) is 0 Å². The summed E-state index contributed by atoms with van der Waals surface area (Å²) in [6.45, 7) is 2.86. The highest BCUT2D eigenvalue weighted by Gasteiger charge is 2.71. The third-order valence-electron chi connectivity index (χ3n) is 16.3. The molecule has 0 unspecified atom stereocenters. The third kappa shape index (κ3) is 7.55. The number of carbonyl (C=O) groups is 2. The molecule has 4 aliphatic heterocycles. The van der Waals surface area contributed by atoms with Gasteiger partial charge in [-0.15, -0.1) is 0 Å². The molecule has 4 heterocycles. The minimum absolute atomic E-state index is 0.00485. The number of methoxy groups -OCH3 is 1. The molecule has 61 heavy (non-hydrogen) atoms. The van der Waals surface area contributed by atoms with E-state index in [-0.39, 0.29) is 43.2 Å². The summed E-state index contributed by atoms with van der Waals surface area (Å²) in [7, 11) is 1.47. The van der Waals surface area contributed by atoms with Gasteiger partial charge in [0.1, 0.15) is 67.8 Å². The highest BCUT2D eigenvalue weighted by molar-refractivity contribution is 5.85. The molecule has 8 rings (SSSR count). The Balaban J connectivity index is 0.886. The number of esters is 1. The number of aldehydes is 1. The Morgan fingerprint density at radius 3 is 2.18 bits per heavy atom. The predicted molar refractivity (Wildman–Crippen MR) is 203 cm³/mol. The van der Waals surface area contributed by atoms with Crippen molar-refractivity contribution in [1.82, 2.24) is 0 Å². The second-order valence-corrected chi connectivity index (χ2v) is 19.2. The number of hydrogen-bond acceptors (Lipinski definition) is 19. The van der Waals surface area contributed by atoms with Crippen molar-refractivity contribution < 1.29 is 93.4 Å². The first-order valence-corrected chi connectivity index (χ1v) is 21.8. The minimum Gasteiger partial charge on any atom is -0.458 e. The van der Waals surface area contributed by atoms with Crippen LogP contribution in [0.15, 0.2) is 11.6 Å². The molecule has 0 spiro atoms. The molecule has 0 aromatic heterocycles. The van der Waals surface area contributed by atoms with Crippen molar-refractivity contribution >= 4 is 12.3 Å². The maximum absolute atomic E-state index is 13.3. The molecule has 4 saturated carbocycles. The molecule has 19 heteroatoms. The van der Waals surface area contributed by atoms with E-state index in [0.717, 1.165) is 18.3 Å². The van der Waals surface area contributed by atoms with E-state index in [1.165, 1.54) is 7.11 Å². The van der Waals surface area contributed by atoms with Gasteiger partial charge < -0.3 is 88.6 Å². The lowest BCUT2D eigenvalue weighted by molar-refractivity contribution is -0.355. The zero-order chi connectivity index (χ0) is 43.8. The summed E-state index contributed by atoms with van der Waals surface area (Å²) in [4.78, 5) is 25.3. The molecule has 0 aromatic rings. The number of aliphatic hydroxyl groups excluding tert-OH is 7. The summed E-state index contributed by atoms with van der Waals surface area (Å²) in [5.74, 6) is -0.767. The average Bonchev–Trinajstić information content (AvgIpc) is 3.79. The SMILES string of the molecule is CO[C@@H]1C[C@@H](O[C@H]2CC[C@]3(C=O)[C@H]4CC[C@]5(C)[C@@H](C6=CC(=O)OC6)CC[C@]5(O)[C@@H]4CC[C@]3(O)C2)O[C@@H](C)[C@@H]1O[C@@H]1O[C@H](CO[C@H]2O[C@@H](CO)[C@H](O)[C@@H](O)[C@@H]2O)[C@@H](O)[C@H](O)[C@H]1O. The highest BCUT2D eigenvalue weighted by atomic mass is 16.8. The number of aliphatic hydroxyl groups is 9. The first-order chi connectivity index (χ1) is 28.9. The zero-order valence-electron chi connectivity index (χ0n) is 34.8. The number of rotatable bonds is 11. The average molecular weight is 873 g/mol. The molecule has 346 valence electrons. The van der Waals surface area contributed by atoms with Gasteiger partial charge in [0.2, 0.25) is 0 Å². The van der Waals surface area contributed by atoms with Crippen LogP contribution < -0.4 is 0 Å². The molecule has 19 nitrogen and oxygen atoms in total. The second kappa shape index (κ2) is 17.2. The molecule has 3 saturated heterocycles. The van der Waals surface area contributed by atoms with Crippen LogP contribution in [0.5, 0.6) is 0 Å². The van der Waals surface area contributed by atoms with Crippen LogP contribution in [0.1, 0.15) is 78.1 Å². The lowest BCUT2D eigenvalue weighted by Gasteiger charge is -2.65. The van der Waals surface area contributed by atoms with Crippen LogP contribution in [0, 0.1) is 28.6 Å². The van der Waals surface area contributed by atoms with Crippen LogP contribution in [-0.4, -0.2) is 188 Å². The van der Waals surface area contributed by atoms with Crippen molar-refractivity contribution in [3.8, 4) is 0 Å². The van der Waals surface area contributed by atoms with Gasteiger partial charge in [0, 0.05) is 31.4 Å². The van der Waals surface area contributed by atoms with Crippen molar-refractivity contribution in [2.75, 3.05) is 26.9 Å². The van der Waals surface area contributed by atoms with Crippen LogP contribution in [0.4, 0.5) is 0 Å². The van der Waals surface area contributed by atoms with E-state index in [0.29, 0.717) is 44.9 Å². The van der Waals surface area contributed by atoms with E-state index in [2.05, 4.69) is 6.92 Å². The van der Waals surface area contributed by atoms with E-state index >= 15 is 0 Å². The van der Waals surface area contributed by atoms with E-state index < -0.39 is 127 Å². The van der Waals surface area contributed by atoms with Crippen molar-refractivity contribution in [2.24, 2.45) is 28.6 Å². The maximum atomic E-state index is 13.3. The van der Waals surface area contributed by atoms with Crippen LogP contribution in [0.25, 0.3) is 0 Å². The summed E-state index contributed by atoms with van der Waals surface area (Å²) < 4.78 is 46.7. The fraction of sp³-hybridized carbons (Fsp3) is 0.905. The summed E-state index contributed by atoms with van der Waals surface area (Å²) in [5, 5.41) is 97.4. The van der Waals surface area contributed by atoms with Crippen molar-refractivity contribution in [2.45, 2.75) is 181 Å². The van der Waals surface area contributed by atoms with Crippen LogP contribution in [0.2, 0.25) is 0 Å². The quantitative estimate of drug-likeness (QED) is 0.0622. The molecular weight excluding hydrogens is 808 g/mol. The molecule has 0 amide bonds. The minimum atomic E-state index is -1.75. The zero-order valence-corrected chi connectivity index (χ0v) is 34.8. The van der Waals surface area contributed by atoms with Crippen LogP contribution in [-0.2, 0) is 47.5 Å². The highest BCUT2D eigenvalue weighted by Crippen LogP contribution is 2.70. The van der Waals surface area contributed by atoms with Gasteiger partial charge in [-0.3, -0.25) is 0 Å². The van der Waals surface area contributed by atoms with E-state index in [1.54, 1.807) is 13.0 Å². The smallest absolute Gasteiger partial charge is 0.331 e. The number of ether oxygens (including phenoxy) is 8. The molecule has 0 aromatic carbocycles. The summed E-state index contributed by atoms with van der Waals surface area (Å²) >= 11 is 0. The van der Waals surface area contributed by atoms with Crippen LogP contribution >= 0.6 is 0 Å². The first-order valence-electron chi connectivity index (χ1n) is 21.8. The van der Waals surface area contributed by atoms with Gasteiger partial charge in [-0.2, -0.15) is 0 Å². The lowest BCUT2D eigenvalue weighted by atomic mass is 9.41. The molecular formula is C42H64O19. The molecule has 0 radical (unpaired) electrons. The van der Waals surface area contributed by atoms with Gasteiger partial charge >= 0.3 is 5.97 Å². The fourth-order valence-corrected chi connectivity index (χ4v) is 12.9. The molecule has 7 fully saturated rings. The Morgan fingerprint density at radius 2 is 1.51 bits per heavy atom. The topological polar surface area (TPSA) is 290 Å². The molecule has 0 bridgehead atoms. The number of carbonyl (C=O) groups excluding carboxylic acids is 2. The molecule has 22 atom stereocenters. The third-order valence-corrected chi connectivity index (χ3v) is 16.3.